The maximum Gasteiger partial charge on any atom is 0.276 e. The number of pyridine rings is 1. The maximum absolute atomic E-state index is 12.7. The predicted molar refractivity (Wildman–Crippen MR) is 86.9 cm³/mol. The van der Waals surface area contributed by atoms with Crippen LogP contribution < -0.4 is 0 Å². The molecule has 0 radical (unpaired) electrons. The van der Waals surface area contributed by atoms with Crippen molar-refractivity contribution in [1.82, 2.24) is 24.9 Å². The number of hydrogen-bond donors (Lipinski definition) is 0. The first-order chi connectivity index (χ1) is 11.2. The van der Waals surface area contributed by atoms with Crippen molar-refractivity contribution in [1.29, 1.82) is 0 Å². The van der Waals surface area contributed by atoms with Gasteiger partial charge >= 0.3 is 0 Å². The minimum absolute atomic E-state index is 0.0112. The van der Waals surface area contributed by atoms with Gasteiger partial charge in [0.2, 0.25) is 0 Å². The number of likely N-dealkylation sites (tertiary alicyclic amines) is 1. The van der Waals surface area contributed by atoms with E-state index in [0.717, 1.165) is 25.1 Å². The molecule has 1 amide bonds. The second kappa shape index (κ2) is 6.89. The number of hydrogen-bond acceptors (Lipinski definition) is 4. The fourth-order valence-electron chi connectivity index (χ4n) is 3.08. The van der Waals surface area contributed by atoms with Crippen molar-refractivity contribution in [3.63, 3.8) is 0 Å². The largest absolute Gasteiger partial charge is 0.334 e. The number of carbonyl (C=O) groups is 1. The molecule has 6 nitrogen and oxygen atoms in total. The second-order valence-corrected chi connectivity index (χ2v) is 6.28. The Hall–Kier alpha value is -2.24. The van der Waals surface area contributed by atoms with E-state index in [4.69, 9.17) is 0 Å². The highest BCUT2D eigenvalue weighted by atomic mass is 16.2. The Morgan fingerprint density at radius 3 is 2.96 bits per heavy atom. The molecule has 2 unspecified atom stereocenters. The molecule has 1 fully saturated rings. The molecule has 1 aliphatic heterocycles. The Morgan fingerprint density at radius 1 is 1.35 bits per heavy atom. The third-order valence-corrected chi connectivity index (χ3v) is 4.63. The summed E-state index contributed by atoms with van der Waals surface area (Å²) in [6, 6.07) is 6.01. The van der Waals surface area contributed by atoms with Gasteiger partial charge in [-0.1, -0.05) is 24.6 Å². The lowest BCUT2D eigenvalue weighted by atomic mass is 9.91. The average molecular weight is 313 g/mol. The van der Waals surface area contributed by atoms with Crippen LogP contribution in [-0.2, 0) is 6.54 Å². The van der Waals surface area contributed by atoms with Crippen molar-refractivity contribution in [2.45, 2.75) is 45.7 Å². The monoisotopic (exact) mass is 313 g/mol. The van der Waals surface area contributed by atoms with E-state index in [1.807, 2.05) is 23.1 Å². The fourth-order valence-corrected chi connectivity index (χ4v) is 3.08. The zero-order chi connectivity index (χ0) is 16.2. The molecule has 0 aromatic carbocycles. The van der Waals surface area contributed by atoms with Crippen LogP contribution in [-0.4, -0.2) is 43.4 Å². The molecule has 0 spiro atoms. The zero-order valence-corrected chi connectivity index (χ0v) is 13.7. The molecule has 23 heavy (non-hydrogen) atoms. The summed E-state index contributed by atoms with van der Waals surface area (Å²) in [4.78, 5) is 19.0. The average Bonchev–Trinajstić information content (AvgIpc) is 3.04. The van der Waals surface area contributed by atoms with E-state index in [0.29, 0.717) is 18.2 Å². The highest BCUT2D eigenvalue weighted by Gasteiger charge is 2.30. The van der Waals surface area contributed by atoms with E-state index in [1.54, 1.807) is 17.1 Å². The summed E-state index contributed by atoms with van der Waals surface area (Å²) in [5.41, 5.74) is 1.32. The van der Waals surface area contributed by atoms with Crippen LogP contribution in [0.1, 0.15) is 49.3 Å². The molecule has 0 saturated carbocycles. The van der Waals surface area contributed by atoms with Crippen LogP contribution >= 0.6 is 0 Å². The van der Waals surface area contributed by atoms with E-state index < -0.39 is 0 Å². The number of rotatable bonds is 4. The number of carbonyl (C=O) groups excluding carboxylic acids is 1. The summed E-state index contributed by atoms with van der Waals surface area (Å²) in [6.45, 7) is 5.65. The molecule has 2 atom stereocenters. The SMILES string of the molecule is CCC1CCC(C)N(C(=O)c2cn(Cc3ccccn3)nn2)C1. The van der Waals surface area contributed by atoms with Crippen LogP contribution in [0.25, 0.3) is 0 Å². The molecule has 2 aromatic heterocycles. The maximum atomic E-state index is 12.7. The predicted octanol–water partition coefficient (Wildman–Crippen LogP) is 2.37. The van der Waals surface area contributed by atoms with Gasteiger partial charge in [0.15, 0.2) is 5.69 Å². The topological polar surface area (TPSA) is 63.9 Å². The third kappa shape index (κ3) is 3.57. The highest BCUT2D eigenvalue weighted by Crippen LogP contribution is 2.25. The Balaban J connectivity index is 1.70. The van der Waals surface area contributed by atoms with E-state index in [9.17, 15) is 4.79 Å². The minimum atomic E-state index is -0.0112. The molecule has 1 saturated heterocycles. The van der Waals surface area contributed by atoms with E-state index >= 15 is 0 Å². The van der Waals surface area contributed by atoms with Crippen molar-refractivity contribution < 1.29 is 4.79 Å². The highest BCUT2D eigenvalue weighted by molar-refractivity contribution is 5.92. The number of piperidine rings is 1. The van der Waals surface area contributed by atoms with Gasteiger partial charge in [0, 0.05) is 18.8 Å². The van der Waals surface area contributed by atoms with Gasteiger partial charge in [0.05, 0.1) is 18.4 Å². The van der Waals surface area contributed by atoms with Gasteiger partial charge in [-0.15, -0.1) is 5.10 Å². The molecule has 0 bridgehead atoms. The minimum Gasteiger partial charge on any atom is -0.334 e. The summed E-state index contributed by atoms with van der Waals surface area (Å²) in [7, 11) is 0. The summed E-state index contributed by atoms with van der Waals surface area (Å²) in [5, 5.41) is 8.14. The summed E-state index contributed by atoms with van der Waals surface area (Å²) in [6.07, 6.45) is 6.85. The van der Waals surface area contributed by atoms with Crippen LogP contribution in [0.5, 0.6) is 0 Å². The lowest BCUT2D eigenvalue weighted by Gasteiger charge is -2.37. The smallest absolute Gasteiger partial charge is 0.276 e. The fraction of sp³-hybridized carbons (Fsp3) is 0.529. The first-order valence-electron chi connectivity index (χ1n) is 8.28. The Kier molecular flexibility index (Phi) is 4.69. The van der Waals surface area contributed by atoms with Gasteiger partial charge in [0.25, 0.3) is 5.91 Å². The lowest BCUT2D eigenvalue weighted by molar-refractivity contribution is 0.0550. The lowest BCUT2D eigenvalue weighted by Crippen LogP contribution is -2.45. The number of nitrogens with zero attached hydrogens (tertiary/aromatic N) is 5. The standard InChI is InChI=1S/C17H23N5O/c1-3-14-8-7-13(2)22(10-14)17(23)16-12-21(20-19-16)11-15-6-4-5-9-18-15/h4-6,9,12-14H,3,7-8,10-11H2,1-2H3. The molecule has 1 aliphatic rings. The Bertz CT molecular complexity index is 654. The number of aromatic nitrogens is 4. The zero-order valence-electron chi connectivity index (χ0n) is 13.7. The van der Waals surface area contributed by atoms with Crippen LogP contribution in [0, 0.1) is 5.92 Å². The molecule has 6 heteroatoms. The second-order valence-electron chi connectivity index (χ2n) is 6.28. The first-order valence-corrected chi connectivity index (χ1v) is 8.28. The van der Waals surface area contributed by atoms with Gasteiger partial charge in [-0.25, -0.2) is 4.68 Å². The molecule has 3 rings (SSSR count). The van der Waals surface area contributed by atoms with Crippen molar-refractivity contribution in [2.24, 2.45) is 5.92 Å². The van der Waals surface area contributed by atoms with Crippen molar-refractivity contribution in [2.75, 3.05) is 6.54 Å². The Labute approximate surface area is 136 Å². The van der Waals surface area contributed by atoms with E-state index in [2.05, 4.69) is 29.1 Å². The molecule has 3 heterocycles. The van der Waals surface area contributed by atoms with Gasteiger partial charge in [-0.2, -0.15) is 0 Å². The van der Waals surface area contributed by atoms with Gasteiger partial charge in [-0.05, 0) is 37.8 Å². The summed E-state index contributed by atoms with van der Waals surface area (Å²) >= 11 is 0. The number of amides is 1. The molecular formula is C17H23N5O. The Morgan fingerprint density at radius 2 is 2.22 bits per heavy atom. The van der Waals surface area contributed by atoms with Gasteiger partial charge < -0.3 is 4.90 Å². The summed E-state index contributed by atoms with van der Waals surface area (Å²) in [5.74, 6) is 0.585. The molecule has 2 aromatic rings. The third-order valence-electron chi connectivity index (χ3n) is 4.63. The molecular weight excluding hydrogens is 290 g/mol. The van der Waals surface area contributed by atoms with Crippen LogP contribution in [0.3, 0.4) is 0 Å². The van der Waals surface area contributed by atoms with Crippen LogP contribution in [0.2, 0.25) is 0 Å². The van der Waals surface area contributed by atoms with Crippen LogP contribution in [0.4, 0.5) is 0 Å². The van der Waals surface area contributed by atoms with Crippen molar-refractivity contribution >= 4 is 5.91 Å². The summed E-state index contributed by atoms with van der Waals surface area (Å²) < 4.78 is 1.67. The van der Waals surface area contributed by atoms with E-state index in [-0.39, 0.29) is 11.9 Å². The van der Waals surface area contributed by atoms with Crippen molar-refractivity contribution in [3.8, 4) is 0 Å². The molecule has 122 valence electrons. The molecule has 0 N–H and O–H groups in total. The van der Waals surface area contributed by atoms with E-state index in [1.165, 1.54) is 6.42 Å². The van der Waals surface area contributed by atoms with Gasteiger partial charge in [-0.3, -0.25) is 9.78 Å². The van der Waals surface area contributed by atoms with Crippen molar-refractivity contribution in [3.05, 3.63) is 42.0 Å². The van der Waals surface area contributed by atoms with Crippen LogP contribution in [0.15, 0.2) is 30.6 Å². The molecule has 0 aliphatic carbocycles. The van der Waals surface area contributed by atoms with Gasteiger partial charge in [0.1, 0.15) is 0 Å². The quantitative estimate of drug-likeness (QED) is 0.869. The first kappa shape index (κ1) is 15.6. The normalized spacial score (nSPS) is 21.4.